The van der Waals surface area contributed by atoms with Crippen molar-refractivity contribution in [3.63, 3.8) is 0 Å². The number of ether oxygens (including phenoxy) is 3. The van der Waals surface area contributed by atoms with Crippen LogP contribution in [0.25, 0.3) is 0 Å². The molecular weight excluding hydrogens is 1170 g/mol. The number of nitrogens with one attached hydrogen (secondary N) is 2. The monoisotopic (exact) mass is 1240 g/mol. The van der Waals surface area contributed by atoms with E-state index in [4.69, 9.17) is 76.5 Å². The zero-order chi connectivity index (χ0) is 59.7. The molecule has 19 nitrogen and oxygen atoms in total. The van der Waals surface area contributed by atoms with Gasteiger partial charge in [0.05, 0.1) is 51.5 Å². The summed E-state index contributed by atoms with van der Waals surface area (Å²) >= 11 is 28.8. The van der Waals surface area contributed by atoms with E-state index in [1.165, 1.54) is 11.8 Å². The Hall–Kier alpha value is -5.19. The maximum absolute atomic E-state index is 12.9. The minimum atomic E-state index is -0.589. The summed E-state index contributed by atoms with van der Waals surface area (Å²) < 4.78 is 22.0. The van der Waals surface area contributed by atoms with E-state index in [0.29, 0.717) is 51.4 Å². The fraction of sp³-hybridized carbons (Fsp3) is 0.561. The van der Waals surface area contributed by atoms with Crippen molar-refractivity contribution in [1.29, 1.82) is 0 Å². The molecule has 446 valence electrons. The van der Waals surface area contributed by atoms with E-state index >= 15 is 0 Å². The van der Waals surface area contributed by atoms with Crippen molar-refractivity contribution < 1.29 is 33.4 Å². The van der Waals surface area contributed by atoms with Crippen molar-refractivity contribution >= 4 is 112 Å². The van der Waals surface area contributed by atoms with Gasteiger partial charge in [-0.25, -0.2) is 14.4 Å². The molecule has 0 radical (unpaired) electrons. The van der Waals surface area contributed by atoms with Crippen molar-refractivity contribution in [3.8, 4) is 0 Å². The maximum Gasteiger partial charge on any atom is 0.410 e. The standard InChI is InChI=1S/C22H26Cl2N4O3S.C22H28Cl2N4O2S.C13H22N4O2/c1-22(2,3)31-21(30)28-9-5-6-15(28)18-17-19(13-8-7-12(23)10-14(13)24)32-11-16(29)25-20(17)27(4)26-18;1-22(2,3)30-21(29)28-10-5-6-16(28)18-17-19(14-8-7-13(23)12-15(14)24)31-11-9-25-20(17)27(4)26-18;1-13(2,3)19-12(18)17-7-5-6-10(17)9-8-11(14)16(4)15-9/h7-8,10,15,19H,5-6,9,11H2,1-4H3,(H,25,29);7-8,12,16,19,25H,5-6,9-11H2,1-4H3;8,10H,5-7,14H2,1-4H3/t15-,19?;16-,19?;10-/m000/s1. The van der Waals surface area contributed by atoms with Gasteiger partial charge in [-0.1, -0.05) is 58.5 Å². The van der Waals surface area contributed by atoms with Crippen LogP contribution in [0, 0.1) is 0 Å². The molecule has 3 saturated heterocycles. The number of likely N-dealkylation sites (tertiary alicyclic amines) is 3. The molecule has 4 N–H and O–H groups in total. The molecule has 3 fully saturated rings. The summed E-state index contributed by atoms with van der Waals surface area (Å²) in [6.07, 6.45) is 4.32. The van der Waals surface area contributed by atoms with Crippen molar-refractivity contribution in [2.75, 3.05) is 54.1 Å². The third kappa shape index (κ3) is 14.8. The molecule has 3 aromatic heterocycles. The van der Waals surface area contributed by atoms with E-state index in [1.807, 2.05) is 115 Å². The molecule has 82 heavy (non-hydrogen) atoms. The van der Waals surface area contributed by atoms with E-state index in [0.717, 1.165) is 96.0 Å². The number of carbonyl (C=O) groups is 4. The van der Waals surface area contributed by atoms with E-state index in [2.05, 4.69) is 15.7 Å². The van der Waals surface area contributed by atoms with E-state index in [-0.39, 0.29) is 58.6 Å². The normalized spacial score (nSPS) is 21.0. The summed E-state index contributed by atoms with van der Waals surface area (Å²) in [4.78, 5) is 55.8. The molecule has 0 bridgehead atoms. The van der Waals surface area contributed by atoms with Crippen LogP contribution in [0.2, 0.25) is 20.1 Å². The summed E-state index contributed by atoms with van der Waals surface area (Å²) in [6.45, 7) is 19.6. The number of anilines is 3. The number of halogens is 4. The summed E-state index contributed by atoms with van der Waals surface area (Å²) in [5.74, 6) is 3.31. The number of amides is 4. The van der Waals surface area contributed by atoms with Crippen LogP contribution in [0.3, 0.4) is 0 Å². The molecule has 5 aliphatic heterocycles. The zero-order valence-electron chi connectivity index (χ0n) is 48.7. The number of thioether (sulfide) groups is 2. The van der Waals surface area contributed by atoms with Gasteiger partial charge < -0.3 is 30.6 Å². The summed E-state index contributed by atoms with van der Waals surface area (Å²) in [7, 11) is 5.54. The van der Waals surface area contributed by atoms with Crippen molar-refractivity contribution in [2.24, 2.45) is 21.1 Å². The highest BCUT2D eigenvalue weighted by Gasteiger charge is 2.43. The van der Waals surface area contributed by atoms with Crippen LogP contribution in [0.1, 0.15) is 169 Å². The van der Waals surface area contributed by atoms with Gasteiger partial charge in [-0.3, -0.25) is 33.5 Å². The van der Waals surface area contributed by atoms with Crippen LogP contribution in [-0.4, -0.2) is 123 Å². The highest BCUT2D eigenvalue weighted by Crippen LogP contribution is 2.51. The second-order valence-corrected chi connectivity index (χ2v) is 27.9. The third-order valence-electron chi connectivity index (χ3n) is 14.1. The van der Waals surface area contributed by atoms with Gasteiger partial charge in [0.15, 0.2) is 0 Å². The molecule has 5 aliphatic rings. The maximum atomic E-state index is 12.9. The van der Waals surface area contributed by atoms with Gasteiger partial charge in [0.1, 0.15) is 34.3 Å². The second kappa shape index (κ2) is 25.6. The Labute approximate surface area is 509 Å². The van der Waals surface area contributed by atoms with Crippen molar-refractivity contribution in [1.82, 2.24) is 44.0 Å². The predicted octanol–water partition coefficient (Wildman–Crippen LogP) is 13.7. The Morgan fingerprint density at radius 1 is 0.598 bits per heavy atom. The molecule has 2 unspecified atom stereocenters. The summed E-state index contributed by atoms with van der Waals surface area (Å²) in [5.41, 5.74) is 10.5. The van der Waals surface area contributed by atoms with Crippen LogP contribution in [0.5, 0.6) is 0 Å². The Morgan fingerprint density at radius 2 is 1.02 bits per heavy atom. The number of carbonyl (C=O) groups excluding carboxylic acids is 4. The quantitative estimate of drug-likeness (QED) is 0.140. The van der Waals surface area contributed by atoms with Crippen molar-refractivity contribution in [2.45, 2.75) is 146 Å². The number of hydrogen-bond donors (Lipinski definition) is 3. The lowest BCUT2D eigenvalue weighted by Crippen LogP contribution is -2.36. The second-order valence-electron chi connectivity index (χ2n) is 23.9. The lowest BCUT2D eigenvalue weighted by Gasteiger charge is -2.29. The number of aromatic nitrogens is 6. The molecule has 0 aliphatic carbocycles. The number of hydrogen-bond acceptors (Lipinski definition) is 14. The number of nitrogens with two attached hydrogens (primary N) is 1. The van der Waals surface area contributed by atoms with Crippen LogP contribution in [0.4, 0.5) is 31.8 Å². The number of benzene rings is 2. The van der Waals surface area contributed by atoms with Gasteiger partial charge in [-0.2, -0.15) is 15.3 Å². The number of rotatable bonds is 5. The number of nitrogens with zero attached hydrogens (tertiary/aromatic N) is 9. The summed E-state index contributed by atoms with van der Waals surface area (Å²) in [6, 6.07) is 12.5. The van der Waals surface area contributed by atoms with E-state index in [9.17, 15) is 19.2 Å². The molecule has 0 spiro atoms. The zero-order valence-corrected chi connectivity index (χ0v) is 53.4. The largest absolute Gasteiger partial charge is 0.444 e. The van der Waals surface area contributed by atoms with Gasteiger partial charge in [-0.15, -0.1) is 23.5 Å². The van der Waals surface area contributed by atoms with E-state index < -0.39 is 16.8 Å². The Kier molecular flexibility index (Phi) is 19.6. The fourth-order valence-electron chi connectivity index (χ4n) is 10.7. The smallest absolute Gasteiger partial charge is 0.410 e. The first-order valence-corrected chi connectivity index (χ1v) is 31.2. The van der Waals surface area contributed by atoms with Crippen LogP contribution < -0.4 is 16.4 Å². The first kappa shape index (κ1) is 62.8. The summed E-state index contributed by atoms with van der Waals surface area (Å²) in [5, 5.41) is 22.6. The molecule has 2 aromatic carbocycles. The van der Waals surface area contributed by atoms with Crippen LogP contribution >= 0.6 is 69.9 Å². The predicted molar refractivity (Wildman–Crippen MR) is 327 cm³/mol. The molecular formula is C57H76Cl4N12O7S2. The topological polar surface area (TPSA) is 209 Å². The molecule has 5 aromatic rings. The lowest BCUT2D eigenvalue weighted by molar-refractivity contribution is -0.113. The third-order valence-corrected chi connectivity index (χ3v) is 17.7. The number of fused-ring (bicyclic) bond motifs is 2. The molecule has 4 amide bonds. The highest BCUT2D eigenvalue weighted by molar-refractivity contribution is 8.00. The molecule has 0 saturated carbocycles. The van der Waals surface area contributed by atoms with Crippen LogP contribution in [-0.2, 0) is 40.1 Å². The van der Waals surface area contributed by atoms with Crippen LogP contribution in [0.15, 0.2) is 42.5 Å². The minimum absolute atomic E-state index is 0.000414. The van der Waals surface area contributed by atoms with Gasteiger partial charge in [-0.05, 0) is 136 Å². The fourth-order valence-corrected chi connectivity index (χ4v) is 14.3. The van der Waals surface area contributed by atoms with Gasteiger partial charge in [0.25, 0.3) is 0 Å². The first-order chi connectivity index (χ1) is 38.5. The molecule has 10 rings (SSSR count). The van der Waals surface area contributed by atoms with Gasteiger partial charge >= 0.3 is 18.3 Å². The Balaban J connectivity index is 0.000000167. The Bertz CT molecular complexity index is 3150. The minimum Gasteiger partial charge on any atom is -0.444 e. The number of aryl methyl sites for hydroxylation is 3. The average molecular weight is 1250 g/mol. The number of nitrogen functional groups attached to an aromatic ring is 1. The molecule has 5 atom stereocenters. The Morgan fingerprint density at radius 3 is 1.46 bits per heavy atom. The van der Waals surface area contributed by atoms with E-state index in [1.54, 1.807) is 51.5 Å². The van der Waals surface area contributed by atoms with Gasteiger partial charge in [0, 0.05) is 90.4 Å². The highest BCUT2D eigenvalue weighted by atomic mass is 35.5. The van der Waals surface area contributed by atoms with Crippen molar-refractivity contribution in [3.05, 3.63) is 102 Å². The first-order valence-electron chi connectivity index (χ1n) is 27.6. The molecule has 25 heteroatoms. The average Bonchev–Trinajstić information content (AvgIpc) is 4.45. The lowest BCUT2D eigenvalue weighted by atomic mass is 9.99. The molecule has 8 heterocycles. The SMILES string of the molecule is Cn1nc([C@@H]2CCCN2C(=O)OC(C)(C)C)c2c1NC(=O)CSC2c1ccc(Cl)cc1Cl.Cn1nc([C@@H]2CCCN2C(=O)OC(C)(C)C)c2c1NCCSC2c1ccc(Cl)cc1Cl.Cn1nc([C@@H]2CCCN2C(=O)OC(C)(C)C)cc1N. The van der Waals surface area contributed by atoms with Gasteiger partial charge in [0.2, 0.25) is 5.91 Å².